The van der Waals surface area contributed by atoms with E-state index in [9.17, 15) is 19.6 Å². The average molecular weight is 395 g/mol. The highest BCUT2D eigenvalue weighted by molar-refractivity contribution is 6.43. The highest BCUT2D eigenvalue weighted by Gasteiger charge is 2.35. The molecular weight excluding hydrogens is 366 g/mol. The van der Waals surface area contributed by atoms with Gasteiger partial charge in [-0.1, -0.05) is 31.5 Å². The van der Waals surface area contributed by atoms with Crippen LogP contribution in [0, 0.1) is 12.8 Å². The molecule has 0 saturated carbocycles. The number of anilines is 1. The number of Topliss-reactive ketones (excluding diaryl/α,β-unsaturated/α-hetero) is 1. The van der Waals surface area contributed by atoms with Crippen LogP contribution in [0.15, 0.2) is 18.2 Å². The Morgan fingerprint density at radius 1 is 1.33 bits per heavy atom. The first-order valence-electron chi connectivity index (χ1n) is 9.40. The molecule has 1 amide bonds. The van der Waals surface area contributed by atoms with Gasteiger partial charge in [0, 0.05) is 19.4 Å². The van der Waals surface area contributed by atoms with Gasteiger partial charge in [-0.05, 0) is 43.4 Å². The van der Waals surface area contributed by atoms with E-state index in [4.69, 9.17) is 11.6 Å². The number of ketones is 1. The quantitative estimate of drug-likeness (QED) is 0.558. The molecule has 1 aliphatic rings. The lowest BCUT2D eigenvalue weighted by Gasteiger charge is -2.42. The zero-order valence-electron chi connectivity index (χ0n) is 16.1. The molecule has 0 aromatic heterocycles. The Hall–Kier alpha value is -1.57. The largest absolute Gasteiger partial charge is 0.475 e. The Balaban J connectivity index is 1.87. The summed E-state index contributed by atoms with van der Waals surface area (Å²) in [5, 5.41) is 22.0. The van der Waals surface area contributed by atoms with Crippen molar-refractivity contribution in [1.29, 1.82) is 0 Å². The molecule has 8 heteroatoms. The summed E-state index contributed by atoms with van der Waals surface area (Å²) in [7, 11) is -1.61. The summed E-state index contributed by atoms with van der Waals surface area (Å²) in [6, 6.07) is 5.50. The van der Waals surface area contributed by atoms with E-state index in [2.05, 4.69) is 5.32 Å². The number of aryl methyl sites for hydroxylation is 1. The minimum atomic E-state index is -1.61. The van der Waals surface area contributed by atoms with Crippen LogP contribution in [0.1, 0.15) is 45.1 Å². The summed E-state index contributed by atoms with van der Waals surface area (Å²) < 4.78 is 0. The van der Waals surface area contributed by atoms with Gasteiger partial charge in [-0.3, -0.25) is 9.59 Å². The van der Waals surface area contributed by atoms with Gasteiger partial charge < -0.3 is 20.3 Å². The van der Waals surface area contributed by atoms with Crippen LogP contribution in [0.2, 0.25) is 5.02 Å². The van der Waals surface area contributed by atoms with Crippen molar-refractivity contribution >= 4 is 36.1 Å². The fourth-order valence-electron chi connectivity index (χ4n) is 3.30. The number of amides is 1. The van der Waals surface area contributed by atoms with Gasteiger partial charge in [0.25, 0.3) is 0 Å². The molecule has 0 radical (unpaired) electrons. The second-order valence-electron chi connectivity index (χ2n) is 7.64. The molecule has 1 saturated heterocycles. The minimum absolute atomic E-state index is 0.00185. The summed E-state index contributed by atoms with van der Waals surface area (Å²) in [4.78, 5) is 26.6. The summed E-state index contributed by atoms with van der Waals surface area (Å²) in [6.45, 7) is 6.60. The zero-order valence-corrected chi connectivity index (χ0v) is 16.9. The third-order valence-electron chi connectivity index (χ3n) is 4.83. The zero-order chi connectivity index (χ0) is 20.1. The molecular formula is C19H28BClN2O4. The fraction of sp³-hybridized carbons (Fsp3) is 0.579. The predicted octanol–water partition coefficient (Wildman–Crippen LogP) is 2.12. The molecule has 2 rings (SSSR count). The van der Waals surface area contributed by atoms with Crippen molar-refractivity contribution in [2.45, 2.75) is 58.4 Å². The Morgan fingerprint density at radius 2 is 2.04 bits per heavy atom. The lowest BCUT2D eigenvalue weighted by atomic mass is 9.75. The van der Waals surface area contributed by atoms with Crippen molar-refractivity contribution in [3.05, 3.63) is 28.8 Å². The molecule has 0 aliphatic carbocycles. The lowest BCUT2D eigenvalue weighted by molar-refractivity contribution is -0.126. The van der Waals surface area contributed by atoms with Crippen molar-refractivity contribution in [2.75, 3.05) is 11.4 Å². The van der Waals surface area contributed by atoms with Gasteiger partial charge in [0.2, 0.25) is 5.91 Å². The van der Waals surface area contributed by atoms with Crippen molar-refractivity contribution in [3.8, 4) is 0 Å². The van der Waals surface area contributed by atoms with E-state index in [0.717, 1.165) is 24.2 Å². The highest BCUT2D eigenvalue weighted by atomic mass is 35.5. The molecule has 0 bridgehead atoms. The maximum Gasteiger partial charge on any atom is 0.475 e. The van der Waals surface area contributed by atoms with Crippen LogP contribution < -0.4 is 10.2 Å². The van der Waals surface area contributed by atoms with Gasteiger partial charge in [0.1, 0.15) is 0 Å². The number of hydrogen-bond donors (Lipinski definition) is 3. The van der Waals surface area contributed by atoms with Gasteiger partial charge in [-0.2, -0.15) is 0 Å². The molecule has 0 spiro atoms. The van der Waals surface area contributed by atoms with Gasteiger partial charge in [-0.25, -0.2) is 0 Å². The van der Waals surface area contributed by atoms with Crippen molar-refractivity contribution in [3.63, 3.8) is 0 Å². The molecule has 2 atom stereocenters. The Morgan fingerprint density at radius 3 is 2.56 bits per heavy atom. The fourth-order valence-corrected chi connectivity index (χ4v) is 3.64. The first-order chi connectivity index (χ1) is 12.7. The van der Waals surface area contributed by atoms with Crippen LogP contribution >= 0.6 is 11.6 Å². The minimum Gasteiger partial charge on any atom is -0.426 e. The summed E-state index contributed by atoms with van der Waals surface area (Å²) >= 11 is 6.30. The SMILES string of the molecule is Cc1ccc(N2CC[C@H]2C(=O)CCC(=O)N[C@@H](CC(C)C)B(O)O)c(Cl)c1. The monoisotopic (exact) mass is 394 g/mol. The second kappa shape index (κ2) is 9.58. The molecule has 0 unspecified atom stereocenters. The Kier molecular flexibility index (Phi) is 7.71. The second-order valence-corrected chi connectivity index (χ2v) is 8.04. The first-order valence-corrected chi connectivity index (χ1v) is 9.77. The number of rotatable bonds is 9. The van der Waals surface area contributed by atoms with Gasteiger partial charge in [0.15, 0.2) is 5.78 Å². The van der Waals surface area contributed by atoms with E-state index in [0.29, 0.717) is 11.4 Å². The van der Waals surface area contributed by atoms with E-state index < -0.39 is 13.1 Å². The number of nitrogens with one attached hydrogen (secondary N) is 1. The summed E-state index contributed by atoms with van der Waals surface area (Å²) in [6.07, 6.45) is 1.36. The molecule has 1 aliphatic heterocycles. The van der Waals surface area contributed by atoms with Crippen molar-refractivity contribution in [1.82, 2.24) is 5.32 Å². The van der Waals surface area contributed by atoms with Crippen LogP contribution in [0.5, 0.6) is 0 Å². The molecule has 1 fully saturated rings. The number of hydrogen-bond acceptors (Lipinski definition) is 5. The average Bonchev–Trinajstić information content (AvgIpc) is 2.53. The van der Waals surface area contributed by atoms with E-state index in [1.165, 1.54) is 0 Å². The lowest BCUT2D eigenvalue weighted by Crippen LogP contribution is -2.53. The third-order valence-corrected chi connectivity index (χ3v) is 5.14. The van der Waals surface area contributed by atoms with Crippen LogP contribution in [-0.4, -0.2) is 47.4 Å². The van der Waals surface area contributed by atoms with Crippen LogP contribution in [0.4, 0.5) is 5.69 Å². The molecule has 1 heterocycles. The maximum absolute atomic E-state index is 12.5. The van der Waals surface area contributed by atoms with Crippen molar-refractivity contribution < 1.29 is 19.6 Å². The predicted molar refractivity (Wildman–Crippen MR) is 108 cm³/mol. The number of carbonyl (C=O) groups excluding carboxylic acids is 2. The van der Waals surface area contributed by atoms with Crippen LogP contribution in [0.3, 0.4) is 0 Å². The molecule has 1 aromatic carbocycles. The number of halogens is 1. The van der Waals surface area contributed by atoms with E-state index in [-0.39, 0.29) is 36.5 Å². The van der Waals surface area contributed by atoms with Gasteiger partial charge in [0.05, 0.1) is 22.7 Å². The molecule has 148 valence electrons. The van der Waals surface area contributed by atoms with Crippen molar-refractivity contribution in [2.24, 2.45) is 5.92 Å². The molecule has 6 nitrogen and oxygen atoms in total. The van der Waals surface area contributed by atoms with Crippen LogP contribution in [0.25, 0.3) is 0 Å². The highest BCUT2D eigenvalue weighted by Crippen LogP contribution is 2.34. The maximum atomic E-state index is 12.5. The Labute approximate surface area is 166 Å². The number of benzene rings is 1. The normalized spacial score (nSPS) is 17.4. The smallest absolute Gasteiger partial charge is 0.426 e. The van der Waals surface area contributed by atoms with Gasteiger partial charge >= 0.3 is 7.12 Å². The molecule has 1 aromatic rings. The standard InChI is InChI=1S/C19H28BClN2O4/c1-12(2)10-18(20(26)27)22-19(25)7-6-17(24)16-8-9-23(16)15-5-4-13(3)11-14(15)21/h4-5,11-12,16,18,26-27H,6-10H2,1-3H3,(H,22,25)/t16-,18-/m0/s1. The van der Waals surface area contributed by atoms with E-state index >= 15 is 0 Å². The first kappa shape index (κ1) is 21.7. The van der Waals surface area contributed by atoms with Crippen LogP contribution in [-0.2, 0) is 9.59 Å². The van der Waals surface area contributed by atoms with Gasteiger partial charge in [-0.15, -0.1) is 0 Å². The molecule has 3 N–H and O–H groups in total. The third kappa shape index (κ3) is 5.96. The van der Waals surface area contributed by atoms with E-state index in [1.807, 2.05) is 43.9 Å². The van der Waals surface area contributed by atoms with E-state index in [1.54, 1.807) is 0 Å². The Bertz CT molecular complexity index is 684. The molecule has 27 heavy (non-hydrogen) atoms. The summed E-state index contributed by atoms with van der Waals surface area (Å²) in [5.74, 6) is -0.861. The topological polar surface area (TPSA) is 89.9 Å². The summed E-state index contributed by atoms with van der Waals surface area (Å²) in [5.41, 5.74) is 1.91. The number of carbonyl (C=O) groups is 2. The number of nitrogens with zero attached hydrogens (tertiary/aromatic N) is 1.